The van der Waals surface area contributed by atoms with Gasteiger partial charge in [0, 0.05) is 54.8 Å². The van der Waals surface area contributed by atoms with Gasteiger partial charge in [-0.2, -0.15) is 4.39 Å². The third-order valence-electron chi connectivity index (χ3n) is 4.93. The average molecular weight is 515 g/mol. The van der Waals surface area contributed by atoms with Gasteiger partial charge >= 0.3 is 0 Å². The summed E-state index contributed by atoms with van der Waals surface area (Å²) in [5.74, 6) is -1.76. The van der Waals surface area contributed by atoms with Gasteiger partial charge in [0.1, 0.15) is 29.4 Å². The number of hydrogen-bond donors (Lipinski definition) is 2. The number of benzene rings is 2. The molecule has 0 amide bonds. The first-order valence-corrected chi connectivity index (χ1v) is 11.0. The summed E-state index contributed by atoms with van der Waals surface area (Å²) in [6, 6.07) is 10.4. The Balaban J connectivity index is 0.000000289. The van der Waals surface area contributed by atoms with Crippen LogP contribution in [-0.4, -0.2) is 43.1 Å². The Morgan fingerprint density at radius 2 is 1.70 bits per heavy atom. The molecule has 0 spiro atoms. The molecule has 11 heteroatoms. The van der Waals surface area contributed by atoms with Gasteiger partial charge in [-0.15, -0.1) is 0 Å². The van der Waals surface area contributed by atoms with E-state index in [4.69, 9.17) is 19.9 Å². The average Bonchev–Trinajstić information content (AvgIpc) is 2.89. The van der Waals surface area contributed by atoms with Gasteiger partial charge in [0.2, 0.25) is 5.95 Å². The second-order valence-corrected chi connectivity index (χ2v) is 7.73. The molecule has 194 valence electrons. The topological polar surface area (TPSA) is 109 Å². The van der Waals surface area contributed by atoms with Gasteiger partial charge in [0.25, 0.3) is 0 Å². The number of fused-ring (bicyclic) bond motifs is 1. The maximum atomic E-state index is 14.2. The number of methoxy groups -OCH3 is 1. The van der Waals surface area contributed by atoms with Crippen LogP contribution < -0.4 is 25.3 Å². The fourth-order valence-corrected chi connectivity index (χ4v) is 3.14. The Hall–Kier alpha value is -4.38. The Kier molecular flexibility index (Phi) is 9.22. The Labute approximate surface area is 211 Å². The van der Waals surface area contributed by atoms with Gasteiger partial charge in [-0.05, 0) is 31.2 Å². The Morgan fingerprint density at radius 1 is 1.03 bits per heavy atom. The molecule has 2 aromatic carbocycles. The van der Waals surface area contributed by atoms with Gasteiger partial charge in [0.15, 0.2) is 23.7 Å². The lowest BCUT2D eigenvalue weighted by Crippen LogP contribution is -2.23. The number of halogens is 3. The van der Waals surface area contributed by atoms with Crippen molar-refractivity contribution in [1.82, 2.24) is 9.97 Å². The van der Waals surface area contributed by atoms with E-state index in [-0.39, 0.29) is 17.4 Å². The molecule has 0 unspecified atom stereocenters. The molecule has 0 aliphatic carbocycles. The van der Waals surface area contributed by atoms with Gasteiger partial charge in [-0.25, -0.2) is 13.8 Å². The van der Waals surface area contributed by atoms with Crippen LogP contribution in [0.1, 0.15) is 17.3 Å². The lowest BCUT2D eigenvalue weighted by molar-refractivity contribution is 0.111. The summed E-state index contributed by atoms with van der Waals surface area (Å²) in [6.07, 6.45) is 3.12. The van der Waals surface area contributed by atoms with E-state index in [0.29, 0.717) is 41.0 Å². The van der Waals surface area contributed by atoms with Crippen molar-refractivity contribution in [2.75, 3.05) is 26.1 Å². The number of aromatic nitrogens is 2. The number of carbonyl (C=O) groups is 1. The summed E-state index contributed by atoms with van der Waals surface area (Å²) in [4.78, 5) is 17.8. The molecule has 37 heavy (non-hydrogen) atoms. The highest BCUT2D eigenvalue weighted by molar-refractivity contribution is 5.86. The van der Waals surface area contributed by atoms with Crippen LogP contribution in [-0.2, 0) is 0 Å². The molecule has 4 aromatic rings. The highest BCUT2D eigenvalue weighted by Gasteiger charge is 2.15. The summed E-state index contributed by atoms with van der Waals surface area (Å²) >= 11 is 0. The molecule has 0 saturated heterocycles. The van der Waals surface area contributed by atoms with E-state index < -0.39 is 23.3 Å². The second kappa shape index (κ2) is 12.5. The maximum absolute atomic E-state index is 14.2. The van der Waals surface area contributed by atoms with Crippen LogP contribution in [0, 0.1) is 17.6 Å². The van der Waals surface area contributed by atoms with E-state index in [0.717, 1.165) is 0 Å². The zero-order valence-electron chi connectivity index (χ0n) is 20.3. The minimum atomic E-state index is -0.806. The van der Waals surface area contributed by atoms with Crippen molar-refractivity contribution < 1.29 is 32.2 Å². The number of anilines is 1. The standard InChI is InChI=1S/C19H19F2N3O2.C7H6FNO2/c1-11(22)10-25-13-3-4-14-17(9-13)24-6-5-18(14)26-19-15(20)7-12(23-2)8-16(19)21;1-11-6-2-3-9-7(8)5(6)4-10/h3-9,11,23H,10,22H2,1-2H3;2-4H,1H3/t11-;/m1./s1. The number of nitrogens with two attached hydrogens (primary N) is 1. The van der Waals surface area contributed by atoms with Crippen LogP contribution in [0.25, 0.3) is 10.9 Å². The van der Waals surface area contributed by atoms with E-state index in [2.05, 4.69) is 15.3 Å². The zero-order chi connectivity index (χ0) is 26.9. The van der Waals surface area contributed by atoms with Crippen LogP contribution in [0.15, 0.2) is 54.9 Å². The van der Waals surface area contributed by atoms with Crippen molar-refractivity contribution in [3.05, 3.63) is 78.0 Å². The molecule has 2 aromatic heterocycles. The molecule has 2 heterocycles. The van der Waals surface area contributed by atoms with E-state index in [1.807, 2.05) is 6.92 Å². The first-order chi connectivity index (χ1) is 17.8. The molecule has 0 aliphatic rings. The largest absolute Gasteiger partial charge is 0.496 e. The molecule has 4 rings (SSSR count). The molecule has 8 nitrogen and oxygen atoms in total. The van der Waals surface area contributed by atoms with E-state index >= 15 is 0 Å². The van der Waals surface area contributed by atoms with Crippen LogP contribution in [0.4, 0.5) is 18.9 Å². The maximum Gasteiger partial charge on any atom is 0.227 e. The third-order valence-corrected chi connectivity index (χ3v) is 4.93. The molecule has 3 N–H and O–H groups in total. The minimum Gasteiger partial charge on any atom is -0.496 e. The molecule has 0 bridgehead atoms. The minimum absolute atomic E-state index is 0.0974. The normalized spacial score (nSPS) is 11.2. The summed E-state index contributed by atoms with van der Waals surface area (Å²) < 4.78 is 56.7. The summed E-state index contributed by atoms with van der Waals surface area (Å²) in [5, 5.41) is 3.30. The summed E-state index contributed by atoms with van der Waals surface area (Å²) in [6.45, 7) is 2.21. The van der Waals surface area contributed by atoms with Crippen molar-refractivity contribution in [2.45, 2.75) is 13.0 Å². The zero-order valence-corrected chi connectivity index (χ0v) is 20.3. The van der Waals surface area contributed by atoms with E-state index in [1.54, 1.807) is 31.3 Å². The smallest absolute Gasteiger partial charge is 0.227 e. The number of ether oxygens (including phenoxy) is 3. The molecular weight excluding hydrogens is 489 g/mol. The lowest BCUT2D eigenvalue weighted by Gasteiger charge is -2.13. The third kappa shape index (κ3) is 6.85. The number of nitrogens with one attached hydrogen (secondary N) is 1. The predicted molar refractivity (Wildman–Crippen MR) is 133 cm³/mol. The SMILES string of the molecule is CNc1cc(F)c(Oc2ccnc3cc(OC[C@@H](C)N)ccc23)c(F)c1.COc1ccnc(F)c1C=O. The Morgan fingerprint density at radius 3 is 2.30 bits per heavy atom. The predicted octanol–water partition coefficient (Wildman–Crippen LogP) is 5.11. The number of rotatable bonds is 8. The molecule has 1 atom stereocenters. The Bertz CT molecular complexity index is 1360. The van der Waals surface area contributed by atoms with Crippen LogP contribution in [0.2, 0.25) is 0 Å². The molecule has 0 radical (unpaired) electrons. The number of pyridine rings is 2. The second-order valence-electron chi connectivity index (χ2n) is 7.73. The quantitative estimate of drug-likeness (QED) is 0.247. The van der Waals surface area contributed by atoms with Crippen LogP contribution in [0.3, 0.4) is 0 Å². The van der Waals surface area contributed by atoms with Crippen molar-refractivity contribution in [3.8, 4) is 23.0 Å². The highest BCUT2D eigenvalue weighted by Crippen LogP contribution is 2.34. The van der Waals surface area contributed by atoms with Crippen LogP contribution in [0.5, 0.6) is 23.0 Å². The number of aldehydes is 1. The van der Waals surface area contributed by atoms with Gasteiger partial charge < -0.3 is 25.3 Å². The lowest BCUT2D eigenvalue weighted by atomic mass is 10.2. The fourth-order valence-electron chi connectivity index (χ4n) is 3.14. The number of nitrogens with zero attached hydrogens (tertiary/aromatic N) is 2. The number of carbonyl (C=O) groups excluding carboxylic acids is 1. The molecule has 0 fully saturated rings. The van der Waals surface area contributed by atoms with E-state index in [9.17, 15) is 18.0 Å². The molecule has 0 aliphatic heterocycles. The van der Waals surface area contributed by atoms with Crippen molar-refractivity contribution >= 4 is 22.9 Å². The fraction of sp³-hybridized carbons (Fsp3) is 0.192. The first-order valence-electron chi connectivity index (χ1n) is 11.0. The monoisotopic (exact) mass is 514 g/mol. The summed E-state index contributed by atoms with van der Waals surface area (Å²) in [5.41, 5.74) is 6.44. The van der Waals surface area contributed by atoms with Gasteiger partial charge in [-0.1, -0.05) is 0 Å². The van der Waals surface area contributed by atoms with Crippen molar-refractivity contribution in [2.24, 2.45) is 5.73 Å². The number of hydrogen-bond acceptors (Lipinski definition) is 8. The highest BCUT2D eigenvalue weighted by atomic mass is 19.1. The molecule has 0 saturated carbocycles. The van der Waals surface area contributed by atoms with E-state index in [1.165, 1.54) is 37.7 Å². The van der Waals surface area contributed by atoms with Crippen LogP contribution >= 0.6 is 0 Å². The first kappa shape index (κ1) is 27.2. The van der Waals surface area contributed by atoms with Gasteiger partial charge in [-0.3, -0.25) is 9.78 Å². The van der Waals surface area contributed by atoms with Crippen molar-refractivity contribution in [3.63, 3.8) is 0 Å². The molecular formula is C26H25F3N4O4. The summed E-state index contributed by atoms with van der Waals surface area (Å²) in [7, 11) is 2.94. The van der Waals surface area contributed by atoms with Gasteiger partial charge in [0.05, 0.1) is 12.6 Å². The van der Waals surface area contributed by atoms with Crippen molar-refractivity contribution in [1.29, 1.82) is 0 Å².